The summed E-state index contributed by atoms with van der Waals surface area (Å²) in [6.45, 7) is 3.66. The topological polar surface area (TPSA) is 75.3 Å². The van der Waals surface area contributed by atoms with E-state index in [-0.39, 0.29) is 23.4 Å². The molecule has 1 amide bonds. The first-order chi connectivity index (χ1) is 10.3. The number of sulfone groups is 1. The van der Waals surface area contributed by atoms with Crippen LogP contribution in [-0.2, 0) is 9.84 Å². The van der Waals surface area contributed by atoms with Crippen LogP contribution in [0.25, 0.3) is 0 Å². The molecule has 1 heterocycles. The lowest BCUT2D eigenvalue weighted by molar-refractivity contribution is 0.0914. The predicted octanol–water partition coefficient (Wildman–Crippen LogP) is 1.41. The van der Waals surface area contributed by atoms with Gasteiger partial charge in [0.15, 0.2) is 0 Å². The Hall–Kier alpha value is -1.54. The molecule has 0 aliphatic carbocycles. The molecule has 1 saturated heterocycles. The Kier molecular flexibility index (Phi) is 5.12. The minimum absolute atomic E-state index is 0.0400. The van der Waals surface area contributed by atoms with Crippen molar-refractivity contribution < 1.29 is 22.0 Å². The van der Waals surface area contributed by atoms with Crippen LogP contribution >= 0.6 is 0 Å². The molecule has 5 nitrogen and oxygen atoms in total. The van der Waals surface area contributed by atoms with Gasteiger partial charge in [0.1, 0.15) is 0 Å². The Morgan fingerprint density at radius 2 is 1.95 bits per heavy atom. The molecule has 1 aliphatic rings. The SMILES string of the molecule is CC1CNCCC1NC(=O)c1ccc(S(=O)(=O)C(F)F)cc1. The number of benzene rings is 1. The number of piperidine rings is 1. The Labute approximate surface area is 128 Å². The summed E-state index contributed by atoms with van der Waals surface area (Å²) < 4.78 is 47.5. The van der Waals surface area contributed by atoms with E-state index in [2.05, 4.69) is 10.6 Å². The highest BCUT2D eigenvalue weighted by molar-refractivity contribution is 7.91. The van der Waals surface area contributed by atoms with Crippen molar-refractivity contribution in [1.29, 1.82) is 0 Å². The summed E-state index contributed by atoms with van der Waals surface area (Å²) in [6.07, 6.45) is 0.810. The molecule has 0 aromatic heterocycles. The average Bonchev–Trinajstić information content (AvgIpc) is 2.49. The van der Waals surface area contributed by atoms with Crippen molar-refractivity contribution in [3.8, 4) is 0 Å². The number of carbonyl (C=O) groups excluding carboxylic acids is 1. The second-order valence-corrected chi connectivity index (χ2v) is 7.30. The summed E-state index contributed by atoms with van der Waals surface area (Å²) in [5.74, 6) is -3.52. The third kappa shape index (κ3) is 3.61. The van der Waals surface area contributed by atoms with Crippen LogP contribution in [0, 0.1) is 5.92 Å². The van der Waals surface area contributed by atoms with Gasteiger partial charge in [0.25, 0.3) is 5.91 Å². The Bertz CT molecular complexity index is 632. The largest absolute Gasteiger partial charge is 0.349 e. The van der Waals surface area contributed by atoms with Crippen LogP contribution in [0.15, 0.2) is 29.2 Å². The maximum absolute atomic E-state index is 12.4. The van der Waals surface area contributed by atoms with Gasteiger partial charge in [0.05, 0.1) is 4.90 Å². The molecule has 2 N–H and O–H groups in total. The van der Waals surface area contributed by atoms with Gasteiger partial charge in [-0.15, -0.1) is 0 Å². The van der Waals surface area contributed by atoms with Gasteiger partial charge in [0, 0.05) is 11.6 Å². The summed E-state index contributed by atoms with van der Waals surface area (Å²) in [5, 5.41) is 6.11. The lowest BCUT2D eigenvalue weighted by Crippen LogP contribution is -2.48. The number of carbonyl (C=O) groups is 1. The van der Waals surface area contributed by atoms with Gasteiger partial charge < -0.3 is 10.6 Å². The molecule has 2 rings (SSSR count). The fourth-order valence-electron chi connectivity index (χ4n) is 2.38. The monoisotopic (exact) mass is 332 g/mol. The van der Waals surface area contributed by atoms with Gasteiger partial charge in [-0.3, -0.25) is 4.79 Å². The maximum Gasteiger partial charge on any atom is 0.341 e. The normalized spacial score (nSPS) is 22.5. The fraction of sp³-hybridized carbons (Fsp3) is 0.500. The van der Waals surface area contributed by atoms with Crippen molar-refractivity contribution >= 4 is 15.7 Å². The Morgan fingerprint density at radius 3 is 2.50 bits per heavy atom. The molecule has 0 bridgehead atoms. The van der Waals surface area contributed by atoms with Crippen molar-refractivity contribution in [2.24, 2.45) is 5.92 Å². The second kappa shape index (κ2) is 6.70. The number of rotatable bonds is 4. The zero-order valence-electron chi connectivity index (χ0n) is 12.1. The second-order valence-electron chi connectivity index (χ2n) is 5.38. The highest BCUT2D eigenvalue weighted by atomic mass is 32.2. The smallest absolute Gasteiger partial charge is 0.341 e. The molecule has 1 aliphatic heterocycles. The first kappa shape index (κ1) is 16.8. The van der Waals surface area contributed by atoms with E-state index in [0.29, 0.717) is 0 Å². The Morgan fingerprint density at radius 1 is 1.32 bits per heavy atom. The van der Waals surface area contributed by atoms with Crippen molar-refractivity contribution in [3.05, 3.63) is 29.8 Å². The van der Waals surface area contributed by atoms with Crippen molar-refractivity contribution in [1.82, 2.24) is 10.6 Å². The van der Waals surface area contributed by atoms with E-state index >= 15 is 0 Å². The van der Waals surface area contributed by atoms with Crippen molar-refractivity contribution in [2.45, 2.75) is 30.0 Å². The molecule has 2 atom stereocenters. The molecule has 2 unspecified atom stereocenters. The number of nitrogens with one attached hydrogen (secondary N) is 2. The first-order valence-electron chi connectivity index (χ1n) is 6.96. The van der Waals surface area contributed by atoms with E-state index in [1.165, 1.54) is 12.1 Å². The van der Waals surface area contributed by atoms with E-state index in [9.17, 15) is 22.0 Å². The van der Waals surface area contributed by atoms with Crippen molar-refractivity contribution in [2.75, 3.05) is 13.1 Å². The molecular weight excluding hydrogens is 314 g/mol. The first-order valence-corrected chi connectivity index (χ1v) is 8.50. The molecule has 0 saturated carbocycles. The van der Waals surface area contributed by atoms with E-state index < -0.39 is 20.5 Å². The number of hydrogen-bond acceptors (Lipinski definition) is 4. The third-order valence-electron chi connectivity index (χ3n) is 3.78. The molecule has 122 valence electrons. The summed E-state index contributed by atoms with van der Waals surface area (Å²) in [4.78, 5) is 11.6. The van der Waals surface area contributed by atoms with Crippen LogP contribution in [0.4, 0.5) is 8.78 Å². The zero-order valence-corrected chi connectivity index (χ0v) is 12.9. The lowest BCUT2D eigenvalue weighted by atomic mass is 9.95. The standard InChI is InChI=1S/C14H18F2N2O3S/c1-9-8-17-7-6-12(9)18-13(19)10-2-4-11(5-3-10)22(20,21)14(15)16/h2-5,9,12,14,17H,6-8H2,1H3,(H,18,19). The maximum atomic E-state index is 12.4. The lowest BCUT2D eigenvalue weighted by Gasteiger charge is -2.30. The number of halogens is 2. The van der Waals surface area contributed by atoms with Crippen LogP contribution in [0.2, 0.25) is 0 Å². The van der Waals surface area contributed by atoms with Gasteiger partial charge in [-0.2, -0.15) is 8.78 Å². The minimum Gasteiger partial charge on any atom is -0.349 e. The highest BCUT2D eigenvalue weighted by Gasteiger charge is 2.27. The molecular formula is C14H18F2N2O3S. The molecule has 1 fully saturated rings. The van der Waals surface area contributed by atoms with Crippen LogP contribution in [0.5, 0.6) is 0 Å². The summed E-state index contributed by atoms with van der Waals surface area (Å²) in [7, 11) is -4.63. The van der Waals surface area contributed by atoms with Gasteiger partial charge >= 0.3 is 5.76 Å². The number of alkyl halides is 2. The number of hydrogen-bond donors (Lipinski definition) is 2. The fourth-order valence-corrected chi connectivity index (χ4v) is 3.10. The summed E-state index contributed by atoms with van der Waals surface area (Å²) in [5.41, 5.74) is 0.249. The molecule has 0 spiro atoms. The van der Waals surface area contributed by atoms with Crippen LogP contribution in [0.3, 0.4) is 0 Å². The van der Waals surface area contributed by atoms with E-state index in [4.69, 9.17) is 0 Å². The van der Waals surface area contributed by atoms with E-state index in [1.807, 2.05) is 6.92 Å². The number of amides is 1. The highest BCUT2D eigenvalue weighted by Crippen LogP contribution is 2.19. The van der Waals surface area contributed by atoms with Crippen LogP contribution in [-0.4, -0.2) is 39.2 Å². The van der Waals surface area contributed by atoms with E-state index in [1.54, 1.807) is 0 Å². The quantitative estimate of drug-likeness (QED) is 0.874. The zero-order chi connectivity index (χ0) is 16.3. The third-order valence-corrected chi connectivity index (χ3v) is 5.18. The molecule has 1 aromatic rings. The molecule has 8 heteroatoms. The van der Waals surface area contributed by atoms with Gasteiger partial charge in [-0.25, -0.2) is 8.42 Å². The van der Waals surface area contributed by atoms with Crippen molar-refractivity contribution in [3.63, 3.8) is 0 Å². The van der Waals surface area contributed by atoms with Crippen LogP contribution < -0.4 is 10.6 Å². The average molecular weight is 332 g/mol. The Balaban J connectivity index is 2.08. The molecule has 0 radical (unpaired) electrons. The summed E-state index contributed by atoms with van der Waals surface area (Å²) >= 11 is 0. The summed E-state index contributed by atoms with van der Waals surface area (Å²) in [6, 6.07) is 4.59. The minimum atomic E-state index is -4.63. The van der Waals surface area contributed by atoms with Gasteiger partial charge in [-0.1, -0.05) is 6.92 Å². The van der Waals surface area contributed by atoms with E-state index in [0.717, 1.165) is 31.6 Å². The molecule has 22 heavy (non-hydrogen) atoms. The van der Waals surface area contributed by atoms with Gasteiger partial charge in [0.2, 0.25) is 9.84 Å². The molecule has 1 aromatic carbocycles. The predicted molar refractivity (Wildman–Crippen MR) is 77.5 cm³/mol. The van der Waals surface area contributed by atoms with Crippen LogP contribution in [0.1, 0.15) is 23.7 Å². The van der Waals surface area contributed by atoms with Gasteiger partial charge in [-0.05, 0) is 49.7 Å².